The average Bonchev–Trinajstić information content (AvgIpc) is 2.38. The van der Waals surface area contributed by atoms with Gasteiger partial charge in [-0.1, -0.05) is 6.07 Å². The highest BCUT2D eigenvalue weighted by atomic mass is 16.5. The number of likely N-dealkylation sites (tertiary alicyclic amines) is 1. The quantitative estimate of drug-likeness (QED) is 0.857. The smallest absolute Gasteiger partial charge is 0.0701 e. The van der Waals surface area contributed by atoms with Crippen LogP contribution >= 0.6 is 0 Å². The van der Waals surface area contributed by atoms with Gasteiger partial charge in [0.05, 0.1) is 25.0 Å². The number of nitrogens with zero attached hydrogens (tertiary/aromatic N) is 2. The fraction of sp³-hybridized carbons (Fsp3) is 0.643. The number of piperidine rings is 1. The molecule has 18 heavy (non-hydrogen) atoms. The molecule has 100 valence electrons. The molecule has 1 aliphatic rings. The van der Waals surface area contributed by atoms with Gasteiger partial charge >= 0.3 is 0 Å². The molecule has 0 spiro atoms. The molecule has 0 aliphatic carbocycles. The molecule has 2 heterocycles. The normalized spacial score (nSPS) is 18.1. The van der Waals surface area contributed by atoms with E-state index in [2.05, 4.69) is 22.0 Å². The number of aryl methyl sites for hydroxylation is 1. The molecule has 0 amide bonds. The zero-order chi connectivity index (χ0) is 12.8. The Bertz CT molecular complexity index is 363. The van der Waals surface area contributed by atoms with Crippen molar-refractivity contribution in [2.24, 2.45) is 0 Å². The summed E-state index contributed by atoms with van der Waals surface area (Å²) < 4.78 is 5.56. The fourth-order valence-corrected chi connectivity index (χ4v) is 2.37. The van der Waals surface area contributed by atoms with Crippen LogP contribution in [0.1, 0.15) is 24.2 Å². The van der Waals surface area contributed by atoms with E-state index < -0.39 is 0 Å². The number of hydrogen-bond acceptors (Lipinski definition) is 4. The molecule has 0 bridgehead atoms. The van der Waals surface area contributed by atoms with Gasteiger partial charge in [-0.05, 0) is 31.9 Å². The molecule has 1 aliphatic heterocycles. The molecule has 0 saturated carbocycles. The zero-order valence-electron chi connectivity index (χ0n) is 11.0. The van der Waals surface area contributed by atoms with Gasteiger partial charge in [-0.2, -0.15) is 0 Å². The maximum atomic E-state index is 8.73. The maximum Gasteiger partial charge on any atom is 0.0701 e. The second-order valence-electron chi connectivity index (χ2n) is 4.84. The molecule has 1 saturated heterocycles. The third-order valence-corrected chi connectivity index (χ3v) is 3.31. The molecule has 0 aromatic carbocycles. The van der Waals surface area contributed by atoms with E-state index >= 15 is 0 Å². The monoisotopic (exact) mass is 250 g/mol. The Morgan fingerprint density at radius 2 is 2.17 bits per heavy atom. The number of pyridine rings is 1. The summed E-state index contributed by atoms with van der Waals surface area (Å²) in [6.45, 7) is 5.63. The SMILES string of the molecule is Cc1cccc(CN2CCC(OCCO)CC2)n1. The topological polar surface area (TPSA) is 45.6 Å². The summed E-state index contributed by atoms with van der Waals surface area (Å²) >= 11 is 0. The first kappa shape index (κ1) is 13.5. The van der Waals surface area contributed by atoms with E-state index in [1.165, 1.54) is 0 Å². The first-order valence-electron chi connectivity index (χ1n) is 6.65. The highest BCUT2D eigenvalue weighted by Gasteiger charge is 2.19. The molecule has 1 N–H and O–H groups in total. The highest BCUT2D eigenvalue weighted by Crippen LogP contribution is 2.15. The number of aromatic nitrogens is 1. The van der Waals surface area contributed by atoms with Gasteiger partial charge in [-0.15, -0.1) is 0 Å². The number of aliphatic hydroxyl groups is 1. The van der Waals surface area contributed by atoms with E-state index in [-0.39, 0.29) is 6.61 Å². The van der Waals surface area contributed by atoms with Crippen LogP contribution in [0.3, 0.4) is 0 Å². The van der Waals surface area contributed by atoms with Crippen LogP contribution in [-0.4, -0.2) is 47.4 Å². The number of aliphatic hydroxyl groups excluding tert-OH is 1. The molecule has 4 heteroatoms. The molecular formula is C14H22N2O2. The summed E-state index contributed by atoms with van der Waals surface area (Å²) in [7, 11) is 0. The van der Waals surface area contributed by atoms with Gasteiger partial charge in [0.25, 0.3) is 0 Å². The molecular weight excluding hydrogens is 228 g/mol. The summed E-state index contributed by atoms with van der Waals surface area (Å²) in [5, 5.41) is 8.73. The van der Waals surface area contributed by atoms with Gasteiger partial charge in [0.1, 0.15) is 0 Å². The number of hydrogen-bond donors (Lipinski definition) is 1. The molecule has 1 aromatic rings. The minimum absolute atomic E-state index is 0.118. The van der Waals surface area contributed by atoms with Crippen molar-refractivity contribution in [3.8, 4) is 0 Å². The summed E-state index contributed by atoms with van der Waals surface area (Å²) in [5.74, 6) is 0. The molecule has 0 radical (unpaired) electrons. The van der Waals surface area contributed by atoms with Gasteiger partial charge in [-0.3, -0.25) is 9.88 Å². The molecule has 1 aromatic heterocycles. The Morgan fingerprint density at radius 1 is 1.39 bits per heavy atom. The van der Waals surface area contributed by atoms with Crippen LogP contribution in [0.4, 0.5) is 0 Å². The first-order chi connectivity index (χ1) is 8.78. The summed E-state index contributed by atoms with van der Waals surface area (Å²) in [6.07, 6.45) is 2.41. The molecule has 1 fully saturated rings. The number of ether oxygens (including phenoxy) is 1. The van der Waals surface area contributed by atoms with Crippen molar-refractivity contribution in [2.45, 2.75) is 32.4 Å². The van der Waals surface area contributed by atoms with Crippen LogP contribution in [0.2, 0.25) is 0 Å². The van der Waals surface area contributed by atoms with Crippen molar-refractivity contribution in [2.75, 3.05) is 26.3 Å². The average molecular weight is 250 g/mol. The minimum Gasteiger partial charge on any atom is -0.394 e. The Labute approximate surface area is 109 Å². The van der Waals surface area contributed by atoms with Crippen LogP contribution in [0, 0.1) is 6.92 Å². The molecule has 0 unspecified atom stereocenters. The zero-order valence-corrected chi connectivity index (χ0v) is 11.0. The van der Waals surface area contributed by atoms with Crippen LogP contribution in [0.15, 0.2) is 18.2 Å². The van der Waals surface area contributed by atoms with Crippen molar-refractivity contribution >= 4 is 0 Å². The lowest BCUT2D eigenvalue weighted by Gasteiger charge is -2.31. The Balaban J connectivity index is 1.76. The van der Waals surface area contributed by atoms with Crippen molar-refractivity contribution in [3.63, 3.8) is 0 Å². The van der Waals surface area contributed by atoms with E-state index in [4.69, 9.17) is 9.84 Å². The predicted octanol–water partition coefficient (Wildman–Crippen LogP) is 1.36. The van der Waals surface area contributed by atoms with Gasteiger partial charge in [0.15, 0.2) is 0 Å². The second-order valence-corrected chi connectivity index (χ2v) is 4.84. The van der Waals surface area contributed by atoms with E-state index in [0.717, 1.165) is 43.9 Å². The lowest BCUT2D eigenvalue weighted by atomic mass is 10.1. The summed E-state index contributed by atoms with van der Waals surface area (Å²) in [5.41, 5.74) is 2.22. The van der Waals surface area contributed by atoms with Crippen LogP contribution in [0.25, 0.3) is 0 Å². The van der Waals surface area contributed by atoms with Crippen LogP contribution < -0.4 is 0 Å². The molecule has 4 nitrogen and oxygen atoms in total. The van der Waals surface area contributed by atoms with Crippen molar-refractivity contribution in [3.05, 3.63) is 29.6 Å². The Hall–Kier alpha value is -0.970. The van der Waals surface area contributed by atoms with Crippen molar-refractivity contribution in [1.29, 1.82) is 0 Å². The second kappa shape index (κ2) is 6.83. The van der Waals surface area contributed by atoms with Gasteiger partial charge < -0.3 is 9.84 Å². The highest BCUT2D eigenvalue weighted by molar-refractivity contribution is 5.09. The van der Waals surface area contributed by atoms with Gasteiger partial charge in [-0.25, -0.2) is 0 Å². The van der Waals surface area contributed by atoms with Crippen LogP contribution in [-0.2, 0) is 11.3 Å². The van der Waals surface area contributed by atoms with Crippen LogP contribution in [0.5, 0.6) is 0 Å². The predicted molar refractivity (Wildman–Crippen MR) is 70.3 cm³/mol. The third kappa shape index (κ3) is 4.05. The Kier molecular flexibility index (Phi) is 5.11. The van der Waals surface area contributed by atoms with E-state index in [9.17, 15) is 0 Å². The van der Waals surface area contributed by atoms with Crippen molar-refractivity contribution < 1.29 is 9.84 Å². The lowest BCUT2D eigenvalue weighted by Crippen LogP contribution is -2.37. The summed E-state index contributed by atoms with van der Waals surface area (Å²) in [4.78, 5) is 6.95. The van der Waals surface area contributed by atoms with Gasteiger partial charge in [0.2, 0.25) is 0 Å². The Morgan fingerprint density at radius 3 is 2.83 bits per heavy atom. The standard InChI is InChI=1S/C14H22N2O2/c1-12-3-2-4-13(15-12)11-16-7-5-14(6-8-16)18-10-9-17/h2-4,14,17H,5-11H2,1H3. The fourth-order valence-electron chi connectivity index (χ4n) is 2.37. The van der Waals surface area contributed by atoms with E-state index in [1.807, 2.05) is 13.0 Å². The largest absolute Gasteiger partial charge is 0.394 e. The first-order valence-corrected chi connectivity index (χ1v) is 6.65. The van der Waals surface area contributed by atoms with Crippen molar-refractivity contribution in [1.82, 2.24) is 9.88 Å². The summed E-state index contributed by atoms with van der Waals surface area (Å²) in [6, 6.07) is 6.18. The maximum absolute atomic E-state index is 8.73. The molecule has 0 atom stereocenters. The van der Waals surface area contributed by atoms with E-state index in [0.29, 0.717) is 12.7 Å². The lowest BCUT2D eigenvalue weighted by molar-refractivity contribution is -0.00919. The number of rotatable bonds is 5. The van der Waals surface area contributed by atoms with Gasteiger partial charge in [0, 0.05) is 25.3 Å². The minimum atomic E-state index is 0.118. The van der Waals surface area contributed by atoms with E-state index in [1.54, 1.807) is 0 Å². The third-order valence-electron chi connectivity index (χ3n) is 3.31. The molecule has 2 rings (SSSR count).